The van der Waals surface area contributed by atoms with E-state index in [2.05, 4.69) is 15.6 Å². The molecule has 1 fully saturated rings. The van der Waals surface area contributed by atoms with Crippen molar-refractivity contribution in [3.8, 4) is 11.3 Å². The lowest BCUT2D eigenvalue weighted by molar-refractivity contribution is -0.144. The molecular formula is C25H24ClF3N4O5. The smallest absolute Gasteiger partial charge is 0.417 e. The summed E-state index contributed by atoms with van der Waals surface area (Å²) in [7, 11) is 0. The van der Waals surface area contributed by atoms with Gasteiger partial charge in [0.05, 0.1) is 24.1 Å². The van der Waals surface area contributed by atoms with Gasteiger partial charge in [0.1, 0.15) is 13.2 Å². The van der Waals surface area contributed by atoms with Gasteiger partial charge in [-0.05, 0) is 35.6 Å². The Morgan fingerprint density at radius 2 is 1.84 bits per heavy atom. The van der Waals surface area contributed by atoms with Crippen LogP contribution in [-0.4, -0.2) is 48.5 Å². The topological polar surface area (TPSA) is 143 Å². The summed E-state index contributed by atoms with van der Waals surface area (Å²) in [4.78, 5) is 50.8. The van der Waals surface area contributed by atoms with E-state index in [1.165, 1.54) is 30.3 Å². The Hall–Kier alpha value is -3.90. The van der Waals surface area contributed by atoms with E-state index in [0.717, 1.165) is 6.07 Å². The first-order valence-corrected chi connectivity index (χ1v) is 11.3. The number of amides is 2. The van der Waals surface area contributed by atoms with E-state index in [4.69, 9.17) is 10.5 Å². The Balaban J connectivity index is 0.00000400. The van der Waals surface area contributed by atoms with Crippen molar-refractivity contribution in [1.29, 1.82) is 0 Å². The summed E-state index contributed by atoms with van der Waals surface area (Å²) in [5.74, 6) is -2.12. The number of pyridine rings is 1. The van der Waals surface area contributed by atoms with Gasteiger partial charge in [-0.3, -0.25) is 19.2 Å². The lowest BCUT2D eigenvalue weighted by atomic mass is 9.93. The number of aromatic nitrogens is 1. The summed E-state index contributed by atoms with van der Waals surface area (Å²) in [6.07, 6.45) is -4.30. The Morgan fingerprint density at radius 3 is 2.55 bits per heavy atom. The second-order valence-electron chi connectivity index (χ2n) is 8.56. The fraction of sp³-hybridized carbons (Fsp3) is 0.280. The molecule has 2 heterocycles. The van der Waals surface area contributed by atoms with Gasteiger partial charge < -0.3 is 26.1 Å². The van der Waals surface area contributed by atoms with Crippen molar-refractivity contribution in [3.05, 3.63) is 70.0 Å². The predicted octanol–water partition coefficient (Wildman–Crippen LogP) is 2.23. The quantitative estimate of drug-likeness (QED) is 0.331. The SMILES string of the molecule is Cl.NCC(=O)NCC(=O)OCC1C[C@@H](c2ccc3cc(-c4ccccc4C(F)(F)F)[nH]c(=O)c3c2)C(=O)N1. The Morgan fingerprint density at radius 1 is 1.11 bits per heavy atom. The number of hydrogen-bond acceptors (Lipinski definition) is 6. The molecule has 1 unspecified atom stereocenters. The molecule has 9 nitrogen and oxygen atoms in total. The number of alkyl halides is 3. The van der Waals surface area contributed by atoms with E-state index in [9.17, 15) is 32.3 Å². The van der Waals surface area contributed by atoms with Crippen LogP contribution in [0, 0.1) is 0 Å². The normalized spacial score (nSPS) is 17.0. The van der Waals surface area contributed by atoms with Crippen LogP contribution in [0.1, 0.15) is 23.5 Å². The van der Waals surface area contributed by atoms with Gasteiger partial charge in [-0.2, -0.15) is 13.2 Å². The average molecular weight is 553 g/mol. The van der Waals surface area contributed by atoms with Gasteiger partial charge in [0.2, 0.25) is 11.8 Å². The molecule has 0 bridgehead atoms. The van der Waals surface area contributed by atoms with Gasteiger partial charge in [0.15, 0.2) is 0 Å². The minimum Gasteiger partial charge on any atom is -0.462 e. The van der Waals surface area contributed by atoms with Crippen molar-refractivity contribution < 1.29 is 32.3 Å². The Labute approximate surface area is 220 Å². The third-order valence-corrected chi connectivity index (χ3v) is 6.04. The molecule has 5 N–H and O–H groups in total. The van der Waals surface area contributed by atoms with Crippen molar-refractivity contribution in [2.24, 2.45) is 5.73 Å². The highest BCUT2D eigenvalue weighted by atomic mass is 35.5. The van der Waals surface area contributed by atoms with Gasteiger partial charge in [-0.15, -0.1) is 12.4 Å². The molecule has 38 heavy (non-hydrogen) atoms. The van der Waals surface area contributed by atoms with E-state index in [-0.39, 0.29) is 54.7 Å². The van der Waals surface area contributed by atoms with Crippen LogP contribution in [0.3, 0.4) is 0 Å². The zero-order valence-electron chi connectivity index (χ0n) is 19.8. The van der Waals surface area contributed by atoms with Gasteiger partial charge >= 0.3 is 12.1 Å². The van der Waals surface area contributed by atoms with E-state index >= 15 is 0 Å². The van der Waals surface area contributed by atoms with Gasteiger partial charge in [0, 0.05) is 16.6 Å². The van der Waals surface area contributed by atoms with Gasteiger partial charge in [-0.1, -0.05) is 30.3 Å². The summed E-state index contributed by atoms with van der Waals surface area (Å²) in [5, 5.41) is 5.66. The number of rotatable bonds is 7. The first-order valence-electron chi connectivity index (χ1n) is 11.3. The standard InChI is InChI=1S/C25H23F3N4O5.ClH/c26-25(27,28)19-4-2-1-3-16(19)20-8-14-6-5-13(7-17(14)24(36)32-20)18-9-15(31-23(18)35)12-37-22(34)11-30-21(33)10-29;/h1-8,15,18H,9-12,29H2,(H,30,33)(H,31,35)(H,32,36);1H/t15?,18-;/m0./s1. The number of hydrogen-bond donors (Lipinski definition) is 4. The number of carbonyl (C=O) groups excluding carboxylic acids is 3. The van der Waals surface area contributed by atoms with Crippen molar-refractivity contribution in [1.82, 2.24) is 15.6 Å². The van der Waals surface area contributed by atoms with Crippen molar-refractivity contribution in [2.45, 2.75) is 24.6 Å². The molecule has 0 aliphatic carbocycles. The molecule has 13 heteroatoms. The number of esters is 1. The predicted molar refractivity (Wildman–Crippen MR) is 135 cm³/mol. The lowest BCUT2D eigenvalue weighted by Crippen LogP contribution is -2.37. The number of H-pyrrole nitrogens is 1. The number of aromatic amines is 1. The number of carbonyl (C=O) groups is 3. The molecule has 4 rings (SSSR count). The number of fused-ring (bicyclic) bond motifs is 1. The summed E-state index contributed by atoms with van der Waals surface area (Å²) >= 11 is 0. The summed E-state index contributed by atoms with van der Waals surface area (Å²) in [6, 6.07) is 10.7. The highest BCUT2D eigenvalue weighted by molar-refractivity contribution is 5.90. The van der Waals surface area contributed by atoms with E-state index in [1.54, 1.807) is 12.1 Å². The number of ether oxygens (including phenoxy) is 1. The summed E-state index contributed by atoms with van der Waals surface area (Å²) in [5.41, 5.74) is 4.12. The molecule has 1 aromatic heterocycles. The van der Waals surface area contributed by atoms with Crippen molar-refractivity contribution >= 4 is 41.0 Å². The molecule has 1 aliphatic heterocycles. The van der Waals surface area contributed by atoms with E-state index in [0.29, 0.717) is 17.4 Å². The molecule has 2 aromatic carbocycles. The molecule has 1 aliphatic rings. The van der Waals surface area contributed by atoms with Crippen LogP contribution in [0.15, 0.2) is 53.3 Å². The van der Waals surface area contributed by atoms with Crippen LogP contribution in [-0.2, 0) is 25.3 Å². The van der Waals surface area contributed by atoms with Crippen LogP contribution in [0.4, 0.5) is 13.2 Å². The van der Waals surface area contributed by atoms with Crippen molar-refractivity contribution in [3.63, 3.8) is 0 Å². The monoisotopic (exact) mass is 552 g/mol. The van der Waals surface area contributed by atoms with Crippen LogP contribution in [0.5, 0.6) is 0 Å². The molecule has 1 saturated heterocycles. The maximum atomic E-state index is 13.4. The minimum atomic E-state index is -4.59. The Kier molecular flexibility index (Phi) is 8.79. The molecule has 202 valence electrons. The molecule has 0 spiro atoms. The molecule has 3 aromatic rings. The van der Waals surface area contributed by atoms with Gasteiger partial charge in [0.25, 0.3) is 5.56 Å². The Bertz CT molecular complexity index is 1430. The molecule has 2 atom stereocenters. The molecule has 2 amide bonds. The highest BCUT2D eigenvalue weighted by Gasteiger charge is 2.35. The number of nitrogens with two attached hydrogens (primary N) is 1. The number of benzene rings is 2. The average Bonchev–Trinajstić information content (AvgIpc) is 3.25. The highest BCUT2D eigenvalue weighted by Crippen LogP contribution is 2.37. The maximum absolute atomic E-state index is 13.4. The maximum Gasteiger partial charge on any atom is 0.417 e. The summed E-state index contributed by atoms with van der Waals surface area (Å²) < 4.78 is 45.4. The number of nitrogens with one attached hydrogen (secondary N) is 3. The summed E-state index contributed by atoms with van der Waals surface area (Å²) in [6.45, 7) is -0.705. The van der Waals surface area contributed by atoms with E-state index < -0.39 is 41.1 Å². The third kappa shape index (κ3) is 6.32. The second-order valence-corrected chi connectivity index (χ2v) is 8.56. The van der Waals surface area contributed by atoms with Crippen LogP contribution < -0.4 is 21.9 Å². The molecule has 0 radical (unpaired) electrons. The first-order chi connectivity index (χ1) is 17.6. The van der Waals surface area contributed by atoms with Crippen molar-refractivity contribution in [2.75, 3.05) is 19.7 Å². The molecule has 0 saturated carbocycles. The van der Waals surface area contributed by atoms with Gasteiger partial charge in [-0.25, -0.2) is 0 Å². The zero-order chi connectivity index (χ0) is 26.7. The van der Waals surface area contributed by atoms with Crippen LogP contribution in [0.2, 0.25) is 0 Å². The minimum absolute atomic E-state index is 0. The van der Waals surface area contributed by atoms with Crippen LogP contribution >= 0.6 is 12.4 Å². The van der Waals surface area contributed by atoms with Crippen LogP contribution in [0.25, 0.3) is 22.0 Å². The van der Waals surface area contributed by atoms with E-state index in [1.807, 2.05) is 0 Å². The molecular weight excluding hydrogens is 529 g/mol. The fourth-order valence-corrected chi connectivity index (χ4v) is 4.24. The second kappa shape index (κ2) is 11.7. The third-order valence-electron chi connectivity index (χ3n) is 6.04. The fourth-order valence-electron chi connectivity index (χ4n) is 4.24. The zero-order valence-corrected chi connectivity index (χ0v) is 20.6. The number of halogens is 4. The first kappa shape index (κ1) is 28.7. The largest absolute Gasteiger partial charge is 0.462 e. The lowest BCUT2D eigenvalue weighted by Gasteiger charge is -2.14.